The van der Waals surface area contributed by atoms with E-state index in [1.807, 2.05) is 18.2 Å². The molecule has 1 aromatic carbocycles. The summed E-state index contributed by atoms with van der Waals surface area (Å²) in [6, 6.07) is 10.7. The lowest BCUT2D eigenvalue weighted by molar-refractivity contribution is 0.352. The molecule has 20 heavy (non-hydrogen) atoms. The van der Waals surface area contributed by atoms with Gasteiger partial charge in [-0.3, -0.25) is 0 Å². The summed E-state index contributed by atoms with van der Waals surface area (Å²) in [4.78, 5) is 4.42. The van der Waals surface area contributed by atoms with Crippen LogP contribution in [0.5, 0.6) is 0 Å². The smallest absolute Gasteiger partial charge is 0.240 e. The molecule has 4 heteroatoms. The third-order valence-corrected chi connectivity index (χ3v) is 3.31. The van der Waals surface area contributed by atoms with Gasteiger partial charge in [-0.05, 0) is 18.9 Å². The molecule has 0 fully saturated rings. The van der Waals surface area contributed by atoms with Crippen molar-refractivity contribution < 1.29 is 4.52 Å². The van der Waals surface area contributed by atoms with Gasteiger partial charge in [0.25, 0.3) is 0 Å². The van der Waals surface area contributed by atoms with Crippen LogP contribution in [0.1, 0.15) is 50.4 Å². The first kappa shape index (κ1) is 14.7. The van der Waals surface area contributed by atoms with E-state index in [-0.39, 0.29) is 0 Å². The Hall–Kier alpha value is -1.68. The Kier molecular flexibility index (Phi) is 5.74. The molecule has 0 amide bonds. The molecule has 0 saturated carbocycles. The minimum absolute atomic E-state index is 0.486. The van der Waals surface area contributed by atoms with Gasteiger partial charge >= 0.3 is 0 Å². The highest BCUT2D eigenvalue weighted by atomic mass is 16.5. The van der Waals surface area contributed by atoms with Gasteiger partial charge in [0.05, 0.1) is 6.54 Å². The van der Waals surface area contributed by atoms with Gasteiger partial charge in [0, 0.05) is 12.5 Å². The molecule has 0 bridgehead atoms. The Morgan fingerprint density at radius 1 is 1.25 bits per heavy atom. The fourth-order valence-electron chi connectivity index (χ4n) is 2.09. The second kappa shape index (κ2) is 7.80. The Labute approximate surface area is 120 Å². The molecule has 0 aliphatic rings. The molecule has 1 atom stereocenters. The number of rotatable bonds is 8. The minimum Gasteiger partial charge on any atom is -0.338 e. The lowest BCUT2D eigenvalue weighted by Crippen LogP contribution is -2.25. The average molecular weight is 273 g/mol. The molecule has 0 radical (unpaired) electrons. The first-order valence-corrected chi connectivity index (χ1v) is 7.36. The predicted octanol–water partition coefficient (Wildman–Crippen LogP) is 3.33. The Balaban J connectivity index is 1.80. The maximum absolute atomic E-state index is 5.27. The number of hydrogen-bond donors (Lipinski definition) is 1. The first-order valence-electron chi connectivity index (χ1n) is 7.36. The highest BCUT2D eigenvalue weighted by molar-refractivity contribution is 5.18. The number of hydrogen-bond acceptors (Lipinski definition) is 4. The van der Waals surface area contributed by atoms with E-state index in [0.29, 0.717) is 18.5 Å². The fraction of sp³-hybridized carbons (Fsp3) is 0.500. The highest BCUT2D eigenvalue weighted by Gasteiger charge is 2.08. The van der Waals surface area contributed by atoms with Crippen molar-refractivity contribution in [2.45, 2.75) is 52.1 Å². The Bertz CT molecular complexity index is 495. The number of aromatic nitrogens is 2. The summed E-state index contributed by atoms with van der Waals surface area (Å²) in [5.74, 6) is 1.41. The molecule has 0 aliphatic heterocycles. The van der Waals surface area contributed by atoms with Crippen LogP contribution in [-0.4, -0.2) is 16.2 Å². The summed E-state index contributed by atoms with van der Waals surface area (Å²) in [7, 11) is 0. The quantitative estimate of drug-likeness (QED) is 0.801. The van der Waals surface area contributed by atoms with E-state index in [2.05, 4.69) is 41.4 Å². The minimum atomic E-state index is 0.486. The number of nitrogens with zero attached hydrogens (tertiary/aromatic N) is 2. The zero-order valence-corrected chi connectivity index (χ0v) is 12.3. The molecule has 1 aromatic heterocycles. The zero-order valence-electron chi connectivity index (χ0n) is 12.3. The van der Waals surface area contributed by atoms with Crippen molar-refractivity contribution in [3.8, 4) is 0 Å². The van der Waals surface area contributed by atoms with E-state index in [1.54, 1.807) is 0 Å². The molecule has 1 heterocycles. The van der Waals surface area contributed by atoms with E-state index in [1.165, 1.54) is 24.8 Å². The fourth-order valence-corrected chi connectivity index (χ4v) is 2.09. The molecule has 2 aromatic rings. The molecule has 108 valence electrons. The van der Waals surface area contributed by atoms with Crippen LogP contribution in [-0.2, 0) is 13.0 Å². The number of benzene rings is 1. The second-order valence-corrected chi connectivity index (χ2v) is 5.19. The summed E-state index contributed by atoms with van der Waals surface area (Å²) in [5.41, 5.74) is 1.20. The molecular formula is C16H23N3O. The van der Waals surface area contributed by atoms with Crippen molar-refractivity contribution in [2.24, 2.45) is 0 Å². The first-order chi connectivity index (χ1) is 9.78. The summed E-state index contributed by atoms with van der Waals surface area (Å²) in [6.07, 6.45) is 4.38. The van der Waals surface area contributed by atoms with Crippen molar-refractivity contribution in [2.75, 3.05) is 0 Å². The van der Waals surface area contributed by atoms with Gasteiger partial charge in [-0.15, -0.1) is 0 Å². The summed E-state index contributed by atoms with van der Waals surface area (Å²) >= 11 is 0. The van der Waals surface area contributed by atoms with Crippen LogP contribution in [0, 0.1) is 0 Å². The molecule has 4 nitrogen and oxygen atoms in total. The highest BCUT2D eigenvalue weighted by Crippen LogP contribution is 2.07. The largest absolute Gasteiger partial charge is 0.338 e. The van der Waals surface area contributed by atoms with Crippen molar-refractivity contribution in [1.29, 1.82) is 0 Å². The molecule has 0 aliphatic carbocycles. The van der Waals surface area contributed by atoms with Gasteiger partial charge in [0.1, 0.15) is 0 Å². The number of unbranched alkanes of at least 4 members (excludes halogenated alkanes) is 1. The maximum Gasteiger partial charge on any atom is 0.240 e. The van der Waals surface area contributed by atoms with Crippen LogP contribution in [0.15, 0.2) is 34.9 Å². The Morgan fingerprint density at radius 2 is 2.05 bits per heavy atom. The van der Waals surface area contributed by atoms with E-state index >= 15 is 0 Å². The van der Waals surface area contributed by atoms with Crippen molar-refractivity contribution in [3.63, 3.8) is 0 Å². The monoisotopic (exact) mass is 273 g/mol. The van der Waals surface area contributed by atoms with Gasteiger partial charge in [-0.1, -0.05) is 55.3 Å². The van der Waals surface area contributed by atoms with Crippen LogP contribution in [0.2, 0.25) is 0 Å². The molecule has 0 spiro atoms. The van der Waals surface area contributed by atoms with Crippen molar-refractivity contribution in [3.05, 3.63) is 47.6 Å². The average Bonchev–Trinajstić information content (AvgIpc) is 2.91. The SMILES string of the molecule is CCCCC(C)NCc1nc(Cc2ccccc2)no1. The van der Waals surface area contributed by atoms with Gasteiger partial charge in [0.2, 0.25) is 5.89 Å². The lowest BCUT2D eigenvalue weighted by Gasteiger charge is -2.10. The third-order valence-electron chi connectivity index (χ3n) is 3.31. The standard InChI is InChI=1S/C16H23N3O/c1-3-4-8-13(2)17-12-16-18-15(19-20-16)11-14-9-6-5-7-10-14/h5-7,9-10,13,17H,3-4,8,11-12H2,1-2H3. The summed E-state index contributed by atoms with van der Waals surface area (Å²) < 4.78 is 5.27. The van der Waals surface area contributed by atoms with Crippen LogP contribution in [0.4, 0.5) is 0 Å². The van der Waals surface area contributed by atoms with Gasteiger partial charge in [0.15, 0.2) is 5.82 Å². The maximum atomic E-state index is 5.27. The molecule has 0 saturated heterocycles. The summed E-state index contributed by atoms with van der Waals surface area (Å²) in [6.45, 7) is 5.05. The molecule has 2 rings (SSSR count). The van der Waals surface area contributed by atoms with Crippen molar-refractivity contribution in [1.82, 2.24) is 15.5 Å². The molecule has 1 N–H and O–H groups in total. The van der Waals surface area contributed by atoms with E-state index < -0.39 is 0 Å². The molecular weight excluding hydrogens is 250 g/mol. The lowest BCUT2D eigenvalue weighted by atomic mass is 10.1. The normalized spacial score (nSPS) is 12.5. The van der Waals surface area contributed by atoms with E-state index in [9.17, 15) is 0 Å². The summed E-state index contributed by atoms with van der Waals surface area (Å²) in [5, 5.41) is 7.44. The second-order valence-electron chi connectivity index (χ2n) is 5.19. The predicted molar refractivity (Wildman–Crippen MR) is 79.4 cm³/mol. The van der Waals surface area contributed by atoms with Gasteiger partial charge < -0.3 is 9.84 Å². The van der Waals surface area contributed by atoms with E-state index in [4.69, 9.17) is 4.52 Å². The van der Waals surface area contributed by atoms with Crippen LogP contribution in [0.3, 0.4) is 0 Å². The van der Waals surface area contributed by atoms with Crippen LogP contribution < -0.4 is 5.32 Å². The van der Waals surface area contributed by atoms with E-state index in [0.717, 1.165) is 12.2 Å². The zero-order chi connectivity index (χ0) is 14.2. The van der Waals surface area contributed by atoms with Gasteiger partial charge in [-0.25, -0.2) is 0 Å². The van der Waals surface area contributed by atoms with Crippen LogP contribution >= 0.6 is 0 Å². The van der Waals surface area contributed by atoms with Crippen LogP contribution in [0.25, 0.3) is 0 Å². The van der Waals surface area contributed by atoms with Crippen molar-refractivity contribution >= 4 is 0 Å². The third kappa shape index (κ3) is 4.78. The van der Waals surface area contributed by atoms with Gasteiger partial charge in [-0.2, -0.15) is 4.98 Å². The number of nitrogens with one attached hydrogen (secondary N) is 1. The molecule has 1 unspecified atom stereocenters. The Morgan fingerprint density at radius 3 is 2.80 bits per heavy atom. The topological polar surface area (TPSA) is 51.0 Å².